The van der Waals surface area contributed by atoms with Crippen molar-refractivity contribution in [3.8, 4) is 11.5 Å². The second kappa shape index (κ2) is 6.13. The first-order valence-electron chi connectivity index (χ1n) is 9.25. The molecule has 0 spiro atoms. The van der Waals surface area contributed by atoms with Crippen LogP contribution in [0.3, 0.4) is 0 Å². The number of hydrogen-bond donors (Lipinski definition) is 2. The molecule has 0 saturated heterocycles. The summed E-state index contributed by atoms with van der Waals surface area (Å²) >= 11 is 0. The van der Waals surface area contributed by atoms with Gasteiger partial charge in [-0.3, -0.25) is 4.79 Å². The van der Waals surface area contributed by atoms with Crippen LogP contribution in [-0.2, 0) is 5.41 Å². The fraction of sp³-hybridized carbons (Fsp3) is 0.250. The van der Waals surface area contributed by atoms with Gasteiger partial charge in [0.25, 0.3) is 5.56 Å². The quantitative estimate of drug-likeness (QED) is 0.477. The Morgan fingerprint density at radius 1 is 1.14 bits per heavy atom. The minimum absolute atomic E-state index is 0.0303. The van der Waals surface area contributed by atoms with E-state index in [1.807, 2.05) is 12.1 Å². The maximum atomic E-state index is 12.6. The third-order valence-electron chi connectivity index (χ3n) is 5.12. The Labute approximate surface area is 165 Å². The zero-order chi connectivity index (χ0) is 20.2. The molecule has 0 unspecified atom stereocenters. The number of fused-ring (bicyclic) bond motifs is 2. The summed E-state index contributed by atoms with van der Waals surface area (Å²) < 4.78 is 7.22. The van der Waals surface area contributed by atoms with E-state index in [2.05, 4.69) is 63.9 Å². The topological polar surface area (TPSA) is 115 Å². The minimum Gasteiger partial charge on any atom is -0.463 e. The lowest BCUT2D eigenvalue weighted by atomic mass is 9.85. The molecular weight excluding hydrogens is 370 g/mol. The van der Waals surface area contributed by atoms with Gasteiger partial charge >= 0.3 is 0 Å². The van der Waals surface area contributed by atoms with Crippen LogP contribution in [0.2, 0.25) is 0 Å². The number of nitrogens with zero attached hydrogens (tertiary/aromatic N) is 5. The first-order chi connectivity index (χ1) is 13.9. The van der Waals surface area contributed by atoms with Gasteiger partial charge in [0, 0.05) is 5.56 Å². The number of H-pyrrole nitrogens is 1. The van der Waals surface area contributed by atoms with Gasteiger partial charge in [0.2, 0.25) is 5.95 Å². The fourth-order valence-corrected chi connectivity index (χ4v) is 3.61. The van der Waals surface area contributed by atoms with Gasteiger partial charge in [0.1, 0.15) is 17.4 Å². The Kier molecular flexibility index (Phi) is 3.67. The van der Waals surface area contributed by atoms with E-state index in [4.69, 9.17) is 4.42 Å². The van der Waals surface area contributed by atoms with Crippen molar-refractivity contribution in [1.29, 1.82) is 0 Å². The van der Waals surface area contributed by atoms with Crippen molar-refractivity contribution in [3.05, 3.63) is 69.7 Å². The standard InChI is InChI=1S/C20H19N7O2/c1-20(2,3)12-8-6-11(7-9-12)17-14-15(13-5-4-10-29-13)22-23-18(28)16(14)21-19-24-25-26-27(17)19/h4-10,17H,1-3H3,(H,23,28)(H,21,24,26)/t17-/m0/s1. The van der Waals surface area contributed by atoms with E-state index in [1.54, 1.807) is 23.1 Å². The SMILES string of the molecule is CC(C)(C)c1ccc([C@H]2c3c(-c4ccco4)n[nH]c(=O)c3Nc3nnnn32)cc1. The monoisotopic (exact) mass is 389 g/mol. The van der Waals surface area contributed by atoms with E-state index < -0.39 is 6.04 Å². The molecule has 4 heterocycles. The van der Waals surface area contributed by atoms with Crippen molar-refractivity contribution < 1.29 is 4.42 Å². The second-order valence-corrected chi connectivity index (χ2v) is 8.01. The molecule has 0 aliphatic carbocycles. The molecule has 1 aliphatic heterocycles. The molecule has 0 saturated carbocycles. The molecule has 0 bridgehead atoms. The maximum absolute atomic E-state index is 12.6. The van der Waals surface area contributed by atoms with Gasteiger partial charge < -0.3 is 9.73 Å². The van der Waals surface area contributed by atoms with Crippen molar-refractivity contribution in [2.75, 3.05) is 5.32 Å². The molecule has 0 amide bonds. The van der Waals surface area contributed by atoms with Gasteiger partial charge in [-0.2, -0.15) is 9.78 Å². The van der Waals surface area contributed by atoms with Crippen LogP contribution in [0, 0.1) is 0 Å². The van der Waals surface area contributed by atoms with Crippen LogP contribution in [0.5, 0.6) is 0 Å². The molecule has 9 heteroatoms. The van der Waals surface area contributed by atoms with Crippen LogP contribution in [-0.4, -0.2) is 30.4 Å². The van der Waals surface area contributed by atoms with Gasteiger partial charge in [-0.1, -0.05) is 50.1 Å². The largest absolute Gasteiger partial charge is 0.463 e. The summed E-state index contributed by atoms with van der Waals surface area (Å²) in [6, 6.07) is 11.4. The summed E-state index contributed by atoms with van der Waals surface area (Å²) in [4.78, 5) is 12.6. The number of anilines is 2. The van der Waals surface area contributed by atoms with Crippen LogP contribution in [0.1, 0.15) is 43.5 Å². The number of hydrogen-bond acceptors (Lipinski definition) is 7. The van der Waals surface area contributed by atoms with Gasteiger partial charge in [-0.25, -0.2) is 5.10 Å². The van der Waals surface area contributed by atoms with E-state index in [-0.39, 0.29) is 11.0 Å². The smallest absolute Gasteiger partial charge is 0.288 e. The number of benzene rings is 1. The summed E-state index contributed by atoms with van der Waals surface area (Å²) in [5.74, 6) is 0.941. The predicted molar refractivity (Wildman–Crippen MR) is 106 cm³/mol. The molecule has 3 aromatic heterocycles. The van der Waals surface area contributed by atoms with Gasteiger partial charge in [-0.05, 0) is 39.1 Å². The van der Waals surface area contributed by atoms with Gasteiger partial charge in [0.15, 0.2) is 5.76 Å². The maximum Gasteiger partial charge on any atom is 0.288 e. The summed E-state index contributed by atoms with van der Waals surface area (Å²) in [7, 11) is 0. The van der Waals surface area contributed by atoms with Crippen LogP contribution in [0.15, 0.2) is 51.9 Å². The third-order valence-corrected chi connectivity index (χ3v) is 5.12. The zero-order valence-electron chi connectivity index (χ0n) is 16.2. The van der Waals surface area contributed by atoms with Crippen molar-refractivity contribution in [3.63, 3.8) is 0 Å². The van der Waals surface area contributed by atoms with E-state index in [0.717, 1.165) is 5.56 Å². The number of furan rings is 1. The lowest BCUT2D eigenvalue weighted by Crippen LogP contribution is -2.29. The molecule has 5 rings (SSSR count). The Hall–Kier alpha value is -3.75. The number of tetrazole rings is 1. The van der Waals surface area contributed by atoms with Gasteiger partial charge in [0.05, 0.1) is 6.26 Å². The molecule has 0 fully saturated rings. The molecule has 4 aromatic rings. The van der Waals surface area contributed by atoms with E-state index >= 15 is 0 Å². The molecule has 146 valence electrons. The van der Waals surface area contributed by atoms with E-state index in [9.17, 15) is 4.79 Å². The molecule has 29 heavy (non-hydrogen) atoms. The lowest BCUT2D eigenvalue weighted by Gasteiger charge is -2.28. The highest BCUT2D eigenvalue weighted by Gasteiger charge is 2.35. The van der Waals surface area contributed by atoms with Gasteiger partial charge in [-0.15, -0.1) is 0 Å². The lowest BCUT2D eigenvalue weighted by molar-refractivity contribution is 0.553. The second-order valence-electron chi connectivity index (χ2n) is 8.01. The molecule has 1 atom stereocenters. The summed E-state index contributed by atoms with van der Waals surface area (Å²) in [6.45, 7) is 6.50. The first kappa shape index (κ1) is 17.4. The van der Waals surface area contributed by atoms with Crippen LogP contribution in [0.25, 0.3) is 11.5 Å². The van der Waals surface area contributed by atoms with Crippen LogP contribution >= 0.6 is 0 Å². The zero-order valence-corrected chi connectivity index (χ0v) is 16.2. The normalized spacial score (nSPS) is 15.5. The highest BCUT2D eigenvalue weighted by atomic mass is 16.3. The summed E-state index contributed by atoms with van der Waals surface area (Å²) in [5, 5.41) is 21.8. The Balaban J connectivity index is 1.76. The predicted octanol–water partition coefficient (Wildman–Crippen LogP) is 3.01. The highest BCUT2D eigenvalue weighted by molar-refractivity contribution is 5.73. The van der Waals surface area contributed by atoms with Crippen LogP contribution in [0.4, 0.5) is 11.6 Å². The Bertz CT molecular complexity index is 1230. The molecule has 9 nitrogen and oxygen atoms in total. The summed E-state index contributed by atoms with van der Waals surface area (Å²) in [5.41, 5.74) is 3.38. The summed E-state index contributed by atoms with van der Waals surface area (Å²) in [6.07, 6.45) is 1.57. The van der Waals surface area contributed by atoms with E-state index in [1.165, 1.54) is 5.56 Å². The minimum atomic E-state index is -0.430. The fourth-order valence-electron chi connectivity index (χ4n) is 3.61. The van der Waals surface area contributed by atoms with Crippen LogP contribution < -0.4 is 10.9 Å². The highest BCUT2D eigenvalue weighted by Crippen LogP contribution is 2.41. The third kappa shape index (κ3) is 2.74. The number of aromatic amines is 1. The van der Waals surface area contributed by atoms with Crippen molar-refractivity contribution in [1.82, 2.24) is 30.4 Å². The molecule has 0 radical (unpaired) electrons. The van der Waals surface area contributed by atoms with Crippen molar-refractivity contribution in [2.24, 2.45) is 0 Å². The number of rotatable bonds is 2. The molecule has 1 aromatic carbocycles. The Morgan fingerprint density at radius 2 is 1.93 bits per heavy atom. The molecular formula is C20H19N7O2. The first-order valence-corrected chi connectivity index (χ1v) is 9.25. The molecule has 2 N–H and O–H groups in total. The average molecular weight is 389 g/mol. The van der Waals surface area contributed by atoms with Crippen molar-refractivity contribution in [2.45, 2.75) is 32.2 Å². The number of nitrogens with one attached hydrogen (secondary N) is 2. The average Bonchev–Trinajstić information content (AvgIpc) is 3.38. The van der Waals surface area contributed by atoms with E-state index in [0.29, 0.717) is 28.7 Å². The Morgan fingerprint density at radius 3 is 2.62 bits per heavy atom. The number of aromatic nitrogens is 6. The van der Waals surface area contributed by atoms with Crippen molar-refractivity contribution >= 4 is 11.6 Å². The molecule has 1 aliphatic rings.